The molecule has 0 unspecified atom stereocenters. The highest BCUT2D eigenvalue weighted by Gasteiger charge is 2.21. The van der Waals surface area contributed by atoms with E-state index in [4.69, 9.17) is 15.3 Å². The standard InChI is InChI=1S/C13H17N3O4/c14-15-12(17)9-20-11-4-2-1-3-10(11)13(18)16-5-7-19-8-6-16/h1-4H,5-9,14H2,(H,15,17). The molecule has 1 aromatic carbocycles. The number of hydrazine groups is 1. The molecule has 1 aromatic rings. The lowest BCUT2D eigenvalue weighted by Crippen LogP contribution is -2.41. The second-order valence-corrected chi connectivity index (χ2v) is 4.26. The summed E-state index contributed by atoms with van der Waals surface area (Å²) in [6.45, 7) is 1.94. The van der Waals surface area contributed by atoms with Crippen LogP contribution in [0, 0.1) is 0 Å². The number of hydrogen-bond acceptors (Lipinski definition) is 5. The average molecular weight is 279 g/mol. The van der Waals surface area contributed by atoms with E-state index in [9.17, 15) is 9.59 Å². The maximum atomic E-state index is 12.4. The van der Waals surface area contributed by atoms with Crippen molar-refractivity contribution < 1.29 is 19.1 Å². The van der Waals surface area contributed by atoms with Crippen LogP contribution in [0.2, 0.25) is 0 Å². The number of rotatable bonds is 4. The predicted molar refractivity (Wildman–Crippen MR) is 71.0 cm³/mol. The first-order valence-electron chi connectivity index (χ1n) is 6.30. The van der Waals surface area contributed by atoms with E-state index < -0.39 is 5.91 Å². The number of nitrogens with one attached hydrogen (secondary N) is 1. The number of nitrogens with zero attached hydrogens (tertiary/aromatic N) is 1. The van der Waals surface area contributed by atoms with Crippen LogP contribution in [0.3, 0.4) is 0 Å². The van der Waals surface area contributed by atoms with Crippen LogP contribution < -0.4 is 16.0 Å². The molecule has 0 atom stereocenters. The highest BCUT2D eigenvalue weighted by molar-refractivity contribution is 5.97. The molecular formula is C13H17N3O4. The predicted octanol–water partition coefficient (Wildman–Crippen LogP) is -0.472. The van der Waals surface area contributed by atoms with Crippen LogP contribution in [-0.4, -0.2) is 49.6 Å². The van der Waals surface area contributed by atoms with Crippen LogP contribution in [0.5, 0.6) is 5.75 Å². The Morgan fingerprint density at radius 3 is 2.70 bits per heavy atom. The maximum absolute atomic E-state index is 12.4. The zero-order valence-corrected chi connectivity index (χ0v) is 11.0. The summed E-state index contributed by atoms with van der Waals surface area (Å²) in [6, 6.07) is 6.82. The van der Waals surface area contributed by atoms with Crippen molar-refractivity contribution in [3.05, 3.63) is 29.8 Å². The smallest absolute Gasteiger partial charge is 0.271 e. The van der Waals surface area contributed by atoms with Crippen LogP contribution in [-0.2, 0) is 9.53 Å². The SMILES string of the molecule is NNC(=O)COc1ccccc1C(=O)N1CCOCC1. The van der Waals surface area contributed by atoms with Crippen molar-refractivity contribution in [3.63, 3.8) is 0 Å². The Hall–Kier alpha value is -2.12. The molecule has 0 spiro atoms. The number of hydrogen-bond donors (Lipinski definition) is 2. The molecule has 1 saturated heterocycles. The molecule has 1 heterocycles. The highest BCUT2D eigenvalue weighted by atomic mass is 16.5. The number of morpholine rings is 1. The van der Waals surface area contributed by atoms with Gasteiger partial charge in [-0.3, -0.25) is 15.0 Å². The van der Waals surface area contributed by atoms with Gasteiger partial charge in [0.15, 0.2) is 6.61 Å². The van der Waals surface area contributed by atoms with Gasteiger partial charge >= 0.3 is 0 Å². The Morgan fingerprint density at radius 1 is 1.30 bits per heavy atom. The molecule has 1 aliphatic rings. The largest absolute Gasteiger partial charge is 0.483 e. The zero-order valence-electron chi connectivity index (χ0n) is 11.0. The molecular weight excluding hydrogens is 262 g/mol. The third kappa shape index (κ3) is 3.46. The number of benzene rings is 1. The molecule has 0 aliphatic carbocycles. The molecule has 7 nitrogen and oxygen atoms in total. The summed E-state index contributed by atoms with van der Waals surface area (Å²) in [5.41, 5.74) is 2.40. The maximum Gasteiger partial charge on any atom is 0.271 e. The van der Waals surface area contributed by atoms with Crippen molar-refractivity contribution in [2.45, 2.75) is 0 Å². The molecule has 3 N–H and O–H groups in total. The van der Waals surface area contributed by atoms with Crippen LogP contribution in [0.4, 0.5) is 0 Å². The van der Waals surface area contributed by atoms with Gasteiger partial charge in [-0.05, 0) is 12.1 Å². The normalized spacial score (nSPS) is 14.8. The summed E-state index contributed by atoms with van der Waals surface area (Å²) >= 11 is 0. The fourth-order valence-corrected chi connectivity index (χ4v) is 1.89. The topological polar surface area (TPSA) is 93.9 Å². The minimum Gasteiger partial charge on any atom is -0.483 e. The van der Waals surface area contributed by atoms with Crippen LogP contribution in [0.1, 0.15) is 10.4 Å². The molecule has 0 radical (unpaired) electrons. The van der Waals surface area contributed by atoms with Gasteiger partial charge in [-0.15, -0.1) is 0 Å². The van der Waals surface area contributed by atoms with E-state index in [1.165, 1.54) is 0 Å². The number of ether oxygens (including phenoxy) is 2. The quantitative estimate of drug-likeness (QED) is 0.441. The first-order valence-corrected chi connectivity index (χ1v) is 6.30. The van der Waals surface area contributed by atoms with Gasteiger partial charge in [0.2, 0.25) is 0 Å². The van der Waals surface area contributed by atoms with E-state index >= 15 is 0 Å². The van der Waals surface area contributed by atoms with E-state index in [0.717, 1.165) is 0 Å². The fourth-order valence-electron chi connectivity index (χ4n) is 1.89. The molecule has 2 rings (SSSR count). The number of para-hydroxylation sites is 1. The summed E-state index contributed by atoms with van der Waals surface area (Å²) in [5, 5.41) is 0. The Morgan fingerprint density at radius 2 is 2.00 bits per heavy atom. The van der Waals surface area contributed by atoms with Gasteiger partial charge in [-0.1, -0.05) is 12.1 Å². The van der Waals surface area contributed by atoms with Gasteiger partial charge in [0.1, 0.15) is 5.75 Å². The molecule has 1 aliphatic heterocycles. The van der Waals surface area contributed by atoms with E-state index in [-0.39, 0.29) is 12.5 Å². The van der Waals surface area contributed by atoms with Gasteiger partial charge in [0, 0.05) is 13.1 Å². The molecule has 108 valence electrons. The van der Waals surface area contributed by atoms with Crippen LogP contribution in [0.15, 0.2) is 24.3 Å². The monoisotopic (exact) mass is 279 g/mol. The second-order valence-electron chi connectivity index (χ2n) is 4.26. The van der Waals surface area contributed by atoms with Gasteiger partial charge in [0.05, 0.1) is 18.8 Å². The van der Waals surface area contributed by atoms with Gasteiger partial charge in [-0.2, -0.15) is 0 Å². The summed E-state index contributed by atoms with van der Waals surface area (Å²) in [5.74, 6) is 4.76. The van der Waals surface area contributed by atoms with Crippen LogP contribution >= 0.6 is 0 Å². The summed E-state index contributed by atoms with van der Waals surface area (Å²) in [4.78, 5) is 25.2. The number of carbonyl (C=O) groups is 2. The lowest BCUT2D eigenvalue weighted by Gasteiger charge is -2.27. The summed E-state index contributed by atoms with van der Waals surface area (Å²) < 4.78 is 10.5. The van der Waals surface area contributed by atoms with Crippen molar-refractivity contribution >= 4 is 11.8 Å². The fraction of sp³-hybridized carbons (Fsp3) is 0.385. The van der Waals surface area contributed by atoms with Crippen molar-refractivity contribution in [2.75, 3.05) is 32.9 Å². The van der Waals surface area contributed by atoms with Gasteiger partial charge < -0.3 is 14.4 Å². The van der Waals surface area contributed by atoms with Crippen molar-refractivity contribution in [1.82, 2.24) is 10.3 Å². The third-order valence-corrected chi connectivity index (χ3v) is 2.94. The average Bonchev–Trinajstić information content (AvgIpc) is 2.53. The van der Waals surface area contributed by atoms with Crippen molar-refractivity contribution in [1.29, 1.82) is 0 Å². The molecule has 7 heteroatoms. The number of amides is 2. The van der Waals surface area contributed by atoms with E-state index in [1.807, 2.05) is 5.43 Å². The van der Waals surface area contributed by atoms with Gasteiger partial charge in [-0.25, -0.2) is 5.84 Å². The van der Waals surface area contributed by atoms with Crippen LogP contribution in [0.25, 0.3) is 0 Å². The van der Waals surface area contributed by atoms with E-state index in [2.05, 4.69) is 0 Å². The number of carbonyl (C=O) groups excluding carboxylic acids is 2. The van der Waals surface area contributed by atoms with E-state index in [1.54, 1.807) is 29.2 Å². The summed E-state index contributed by atoms with van der Waals surface area (Å²) in [7, 11) is 0. The minimum atomic E-state index is -0.460. The van der Waals surface area contributed by atoms with Crippen molar-refractivity contribution in [3.8, 4) is 5.75 Å². The zero-order chi connectivity index (χ0) is 14.4. The molecule has 0 saturated carbocycles. The Bertz CT molecular complexity index is 486. The molecule has 0 bridgehead atoms. The molecule has 20 heavy (non-hydrogen) atoms. The highest BCUT2D eigenvalue weighted by Crippen LogP contribution is 2.20. The Labute approximate surface area is 116 Å². The first-order chi connectivity index (χ1) is 9.72. The lowest BCUT2D eigenvalue weighted by molar-refractivity contribution is -0.123. The second kappa shape index (κ2) is 6.88. The molecule has 1 fully saturated rings. The summed E-state index contributed by atoms with van der Waals surface area (Å²) in [6.07, 6.45) is 0. The van der Waals surface area contributed by atoms with Crippen molar-refractivity contribution in [2.24, 2.45) is 5.84 Å². The Balaban J connectivity index is 2.10. The molecule has 0 aromatic heterocycles. The minimum absolute atomic E-state index is 0.128. The Kier molecular flexibility index (Phi) is 4.91. The molecule has 2 amide bonds. The first kappa shape index (κ1) is 14.3. The third-order valence-electron chi connectivity index (χ3n) is 2.94. The lowest BCUT2D eigenvalue weighted by atomic mass is 10.1. The van der Waals surface area contributed by atoms with E-state index in [0.29, 0.717) is 37.6 Å². The van der Waals surface area contributed by atoms with Gasteiger partial charge in [0.25, 0.3) is 11.8 Å². The number of nitrogens with two attached hydrogens (primary N) is 1.